The van der Waals surface area contributed by atoms with Crippen LogP contribution in [-0.2, 0) is 16.1 Å². The molecule has 2 aliphatic heterocycles. The number of ether oxygens (including phenoxy) is 1. The number of furan rings is 2. The fraction of sp³-hybridized carbons (Fsp3) is 0.240. The first kappa shape index (κ1) is 23.1. The molecule has 11 nitrogen and oxygen atoms in total. The second-order valence-corrected chi connectivity index (χ2v) is 8.26. The molecule has 0 N–H and O–H groups in total. The second kappa shape index (κ2) is 9.53. The third-order valence-electron chi connectivity index (χ3n) is 6.08. The lowest BCUT2D eigenvalue weighted by Gasteiger charge is -2.34. The highest BCUT2D eigenvalue weighted by molar-refractivity contribution is 6.21. The van der Waals surface area contributed by atoms with E-state index in [-0.39, 0.29) is 34.9 Å². The molecule has 0 saturated carbocycles. The zero-order chi connectivity index (χ0) is 25.2. The molecule has 0 aliphatic carbocycles. The van der Waals surface area contributed by atoms with Crippen LogP contribution in [0.3, 0.4) is 0 Å². The summed E-state index contributed by atoms with van der Waals surface area (Å²) in [6.45, 7) is 0.741. The Morgan fingerprint density at radius 2 is 1.53 bits per heavy atom. The van der Waals surface area contributed by atoms with Gasteiger partial charge in [0.05, 0.1) is 35.8 Å². The van der Waals surface area contributed by atoms with E-state index in [1.807, 2.05) is 0 Å². The molecule has 1 fully saturated rings. The van der Waals surface area contributed by atoms with Gasteiger partial charge < -0.3 is 23.4 Å². The molecule has 5 rings (SSSR count). The molecule has 1 saturated heterocycles. The number of amides is 4. The van der Waals surface area contributed by atoms with Crippen molar-refractivity contribution in [1.29, 1.82) is 0 Å². The first-order valence-electron chi connectivity index (χ1n) is 11.2. The summed E-state index contributed by atoms with van der Waals surface area (Å²) in [7, 11) is 0. The van der Waals surface area contributed by atoms with Gasteiger partial charge in [-0.15, -0.1) is 0 Å². The highest BCUT2D eigenvalue weighted by Gasteiger charge is 2.36. The van der Waals surface area contributed by atoms with E-state index >= 15 is 0 Å². The van der Waals surface area contributed by atoms with Crippen LogP contribution in [0.25, 0.3) is 0 Å². The molecule has 3 aromatic rings. The highest BCUT2D eigenvalue weighted by atomic mass is 16.5. The van der Waals surface area contributed by atoms with Crippen molar-refractivity contribution in [2.24, 2.45) is 0 Å². The van der Waals surface area contributed by atoms with Crippen LogP contribution in [0.2, 0.25) is 0 Å². The van der Waals surface area contributed by atoms with Gasteiger partial charge in [-0.25, -0.2) is 4.79 Å². The minimum absolute atomic E-state index is 0.0198. The zero-order valence-corrected chi connectivity index (χ0v) is 19.0. The van der Waals surface area contributed by atoms with Crippen molar-refractivity contribution in [2.75, 3.05) is 32.8 Å². The van der Waals surface area contributed by atoms with Gasteiger partial charge in [0.2, 0.25) is 0 Å². The molecule has 0 radical (unpaired) electrons. The smallest absolute Gasteiger partial charge is 0.338 e. The van der Waals surface area contributed by atoms with E-state index in [2.05, 4.69) is 0 Å². The Morgan fingerprint density at radius 1 is 0.833 bits per heavy atom. The average molecular weight is 491 g/mol. The third kappa shape index (κ3) is 4.38. The van der Waals surface area contributed by atoms with Crippen LogP contribution in [-0.4, -0.2) is 77.1 Å². The highest BCUT2D eigenvalue weighted by Crippen LogP contribution is 2.26. The molecule has 2 aromatic heterocycles. The maximum Gasteiger partial charge on any atom is 0.338 e. The van der Waals surface area contributed by atoms with Gasteiger partial charge in [-0.1, -0.05) is 0 Å². The molecule has 36 heavy (non-hydrogen) atoms. The lowest BCUT2D eigenvalue weighted by molar-refractivity contribution is -0.136. The Labute approximate surface area is 204 Å². The molecule has 0 unspecified atom stereocenters. The molecule has 0 bridgehead atoms. The third-order valence-corrected chi connectivity index (χ3v) is 6.08. The van der Waals surface area contributed by atoms with Gasteiger partial charge in [0, 0.05) is 26.2 Å². The average Bonchev–Trinajstić information content (AvgIpc) is 3.67. The standard InChI is InChI=1S/C25H21N3O8/c29-21(26-7-9-27(10-8-26)24(32)20-4-2-12-35-20)15-36-25(33)16-5-6-18-19(13-16)23(31)28(22(18)30)14-17-3-1-11-34-17/h1-6,11-13H,7-10,14-15H2. The van der Waals surface area contributed by atoms with Crippen molar-refractivity contribution in [3.63, 3.8) is 0 Å². The van der Waals surface area contributed by atoms with Gasteiger partial charge in [0.1, 0.15) is 5.76 Å². The van der Waals surface area contributed by atoms with E-state index in [1.165, 1.54) is 35.6 Å². The van der Waals surface area contributed by atoms with Crippen LogP contribution in [0.15, 0.2) is 63.8 Å². The summed E-state index contributed by atoms with van der Waals surface area (Å²) in [5, 5.41) is 0. The van der Waals surface area contributed by atoms with Crippen molar-refractivity contribution in [3.8, 4) is 0 Å². The SMILES string of the molecule is O=C(OCC(=O)N1CCN(C(=O)c2ccco2)CC1)c1ccc2c(c1)C(=O)N(Cc1ccco1)C2=O. The van der Waals surface area contributed by atoms with Gasteiger partial charge in [-0.2, -0.15) is 0 Å². The number of carbonyl (C=O) groups excluding carboxylic acids is 5. The fourth-order valence-corrected chi connectivity index (χ4v) is 4.14. The van der Waals surface area contributed by atoms with E-state index in [0.29, 0.717) is 31.9 Å². The number of nitrogens with zero attached hydrogens (tertiary/aromatic N) is 3. The van der Waals surface area contributed by atoms with Crippen LogP contribution in [0, 0.1) is 0 Å². The lowest BCUT2D eigenvalue weighted by Crippen LogP contribution is -2.51. The minimum Gasteiger partial charge on any atom is -0.467 e. The summed E-state index contributed by atoms with van der Waals surface area (Å²) in [5.41, 5.74) is 0.322. The summed E-state index contributed by atoms with van der Waals surface area (Å²) in [5.74, 6) is -1.76. The van der Waals surface area contributed by atoms with E-state index in [4.69, 9.17) is 13.6 Å². The molecular formula is C25H21N3O8. The Bertz CT molecular complexity index is 1320. The summed E-state index contributed by atoms with van der Waals surface area (Å²) >= 11 is 0. The fourth-order valence-electron chi connectivity index (χ4n) is 4.14. The second-order valence-electron chi connectivity index (χ2n) is 8.26. The summed E-state index contributed by atoms with van der Waals surface area (Å²) in [6, 6.07) is 10.6. The Balaban J connectivity index is 1.15. The van der Waals surface area contributed by atoms with E-state index in [1.54, 1.807) is 29.2 Å². The van der Waals surface area contributed by atoms with Crippen molar-refractivity contribution in [1.82, 2.24) is 14.7 Å². The first-order chi connectivity index (χ1) is 17.4. The van der Waals surface area contributed by atoms with Gasteiger partial charge in [-0.3, -0.25) is 24.1 Å². The van der Waals surface area contributed by atoms with Gasteiger partial charge in [0.25, 0.3) is 23.6 Å². The van der Waals surface area contributed by atoms with Crippen molar-refractivity contribution in [2.45, 2.75) is 6.54 Å². The first-order valence-corrected chi connectivity index (χ1v) is 11.2. The number of rotatable bonds is 6. The number of hydrogen-bond acceptors (Lipinski definition) is 8. The molecule has 11 heteroatoms. The number of benzene rings is 1. The van der Waals surface area contributed by atoms with Crippen LogP contribution >= 0.6 is 0 Å². The summed E-state index contributed by atoms with van der Waals surface area (Å²) < 4.78 is 15.5. The van der Waals surface area contributed by atoms with Crippen molar-refractivity contribution >= 4 is 29.6 Å². The Hall–Kier alpha value is -4.67. The van der Waals surface area contributed by atoms with E-state index in [9.17, 15) is 24.0 Å². The maximum absolute atomic E-state index is 12.7. The minimum atomic E-state index is -0.789. The molecule has 0 spiro atoms. The monoisotopic (exact) mass is 491 g/mol. The molecule has 1 aromatic carbocycles. The van der Waals surface area contributed by atoms with Gasteiger partial charge in [0.15, 0.2) is 12.4 Å². The molecule has 0 atom stereocenters. The van der Waals surface area contributed by atoms with Gasteiger partial charge >= 0.3 is 5.97 Å². The summed E-state index contributed by atoms with van der Waals surface area (Å²) in [4.78, 5) is 66.9. The number of esters is 1. The van der Waals surface area contributed by atoms with Crippen LogP contribution < -0.4 is 0 Å². The molecule has 184 valence electrons. The lowest BCUT2D eigenvalue weighted by atomic mass is 10.1. The molecule has 4 amide bonds. The predicted octanol–water partition coefficient (Wildman–Crippen LogP) is 1.81. The van der Waals surface area contributed by atoms with Gasteiger partial charge in [-0.05, 0) is 42.5 Å². The quantitative estimate of drug-likeness (QED) is 0.377. The topological polar surface area (TPSA) is 131 Å². The molecule has 2 aliphatic rings. The number of fused-ring (bicyclic) bond motifs is 1. The maximum atomic E-state index is 12.7. The normalized spacial score (nSPS) is 15.3. The van der Waals surface area contributed by atoms with Crippen LogP contribution in [0.4, 0.5) is 0 Å². The van der Waals surface area contributed by atoms with Crippen molar-refractivity contribution < 1.29 is 37.5 Å². The largest absolute Gasteiger partial charge is 0.467 e. The number of imide groups is 1. The Morgan fingerprint density at radius 3 is 2.22 bits per heavy atom. The number of carbonyl (C=O) groups is 5. The molecular weight excluding hydrogens is 470 g/mol. The zero-order valence-electron chi connectivity index (χ0n) is 19.0. The molecule has 4 heterocycles. The summed E-state index contributed by atoms with van der Waals surface area (Å²) in [6.07, 6.45) is 2.87. The number of hydrogen-bond donors (Lipinski definition) is 0. The van der Waals surface area contributed by atoms with E-state index in [0.717, 1.165) is 4.90 Å². The Kier molecular flexibility index (Phi) is 6.11. The van der Waals surface area contributed by atoms with Crippen molar-refractivity contribution in [3.05, 3.63) is 83.2 Å². The predicted molar refractivity (Wildman–Crippen MR) is 121 cm³/mol. The number of piperazine rings is 1. The van der Waals surface area contributed by atoms with Crippen LogP contribution in [0.1, 0.15) is 47.4 Å². The van der Waals surface area contributed by atoms with E-state index < -0.39 is 30.3 Å². The van der Waals surface area contributed by atoms with Crippen LogP contribution in [0.5, 0.6) is 0 Å².